The Hall–Kier alpha value is -4.06. The molecule has 0 fully saturated rings. The molecule has 0 saturated carbocycles. The summed E-state index contributed by atoms with van der Waals surface area (Å²) in [5, 5.41) is 10.1. The van der Waals surface area contributed by atoms with E-state index in [-0.39, 0.29) is 0 Å². The molecule has 0 aromatic heterocycles. The van der Waals surface area contributed by atoms with Crippen LogP contribution in [0.3, 0.4) is 0 Å². The number of rotatable bonds is 6. The van der Waals surface area contributed by atoms with Crippen molar-refractivity contribution >= 4 is 10.9 Å². The summed E-state index contributed by atoms with van der Waals surface area (Å²) in [7, 11) is 4.95. The fourth-order valence-electron chi connectivity index (χ4n) is 4.04. The Kier molecular flexibility index (Phi) is 5.11. The largest absolute Gasteiger partial charge is 0.497 e. The molecule has 2 aliphatic heterocycles. The van der Waals surface area contributed by atoms with Gasteiger partial charge in [-0.05, 0) is 35.9 Å². The summed E-state index contributed by atoms with van der Waals surface area (Å²) < 4.78 is 18.7. The predicted molar refractivity (Wildman–Crippen MR) is 125 cm³/mol. The van der Waals surface area contributed by atoms with Crippen LogP contribution in [0, 0.1) is 0 Å². The molecule has 160 valence electrons. The number of ether oxygens (including phenoxy) is 3. The lowest BCUT2D eigenvalue weighted by molar-refractivity contribution is 0.355. The van der Waals surface area contributed by atoms with Crippen molar-refractivity contribution in [2.75, 3.05) is 21.3 Å². The molecule has 0 N–H and O–H groups in total. The number of fused-ring (bicyclic) bond motifs is 3. The van der Waals surface area contributed by atoms with Crippen LogP contribution in [0.25, 0.3) is 33.4 Å². The van der Waals surface area contributed by atoms with E-state index in [4.69, 9.17) is 14.2 Å². The second-order valence-corrected chi connectivity index (χ2v) is 7.51. The van der Waals surface area contributed by atoms with E-state index in [1.165, 1.54) is 5.56 Å². The Bertz CT molecular complexity index is 1340. The third kappa shape index (κ3) is 3.39. The molecule has 6 nitrogen and oxygen atoms in total. The molecule has 2 aliphatic rings. The molecule has 32 heavy (non-hydrogen) atoms. The van der Waals surface area contributed by atoms with Crippen molar-refractivity contribution in [3.05, 3.63) is 78.5 Å². The molecule has 0 unspecified atom stereocenters. The van der Waals surface area contributed by atoms with Crippen molar-refractivity contribution < 1.29 is 14.2 Å². The minimum Gasteiger partial charge on any atom is -0.497 e. The highest BCUT2D eigenvalue weighted by molar-refractivity contribution is 5.99. The van der Waals surface area contributed by atoms with E-state index in [0.29, 0.717) is 18.0 Å². The van der Waals surface area contributed by atoms with Gasteiger partial charge in [0.25, 0.3) is 0 Å². The number of benzene rings is 3. The summed E-state index contributed by atoms with van der Waals surface area (Å²) in [6.07, 6.45) is 2.12. The van der Waals surface area contributed by atoms with Gasteiger partial charge in [-0.25, -0.2) is 0 Å². The fraction of sp³-hybridized carbons (Fsp3) is 0.154. The van der Waals surface area contributed by atoms with E-state index in [0.717, 1.165) is 39.2 Å². The zero-order chi connectivity index (χ0) is 22.1. The maximum absolute atomic E-state index is 5.57. The lowest BCUT2D eigenvalue weighted by Crippen LogP contribution is -2.05. The first-order valence-corrected chi connectivity index (χ1v) is 10.3. The molecule has 3 aromatic rings. The fourth-order valence-corrected chi connectivity index (χ4v) is 4.04. The molecule has 3 aromatic carbocycles. The van der Waals surface area contributed by atoms with Gasteiger partial charge < -0.3 is 18.8 Å². The smallest absolute Gasteiger partial charge is 0.162 e. The zero-order valence-electron chi connectivity index (χ0n) is 18.2. The number of hydrogen-bond acceptors (Lipinski definition) is 5. The van der Waals surface area contributed by atoms with E-state index < -0.39 is 0 Å². The molecule has 0 bridgehead atoms. The minimum atomic E-state index is 0.660. The van der Waals surface area contributed by atoms with Gasteiger partial charge in [-0.3, -0.25) is 0 Å². The summed E-state index contributed by atoms with van der Waals surface area (Å²) >= 11 is 0. The summed E-state index contributed by atoms with van der Waals surface area (Å²) in [6, 6.07) is 22.2. The van der Waals surface area contributed by atoms with E-state index in [9.17, 15) is 0 Å². The average molecular weight is 425 g/mol. The molecule has 0 aliphatic carbocycles. The highest BCUT2D eigenvalue weighted by Crippen LogP contribution is 2.41. The van der Waals surface area contributed by atoms with Crippen LogP contribution in [-0.2, 0) is 6.54 Å². The zero-order valence-corrected chi connectivity index (χ0v) is 18.2. The first-order chi connectivity index (χ1) is 15.7. The van der Waals surface area contributed by atoms with Crippen LogP contribution in [0.2, 0.25) is 0 Å². The molecule has 0 spiro atoms. The Balaban J connectivity index is 1.75. The van der Waals surface area contributed by atoms with Crippen LogP contribution < -0.4 is 14.2 Å². The summed E-state index contributed by atoms with van der Waals surface area (Å²) in [5.41, 5.74) is 5.83. The topological polar surface area (TPSA) is 58.4 Å². The van der Waals surface area contributed by atoms with Gasteiger partial charge in [-0.15, -0.1) is 10.2 Å². The van der Waals surface area contributed by atoms with Crippen LogP contribution in [0.5, 0.6) is 17.2 Å². The third-order valence-corrected chi connectivity index (χ3v) is 5.67. The lowest BCUT2D eigenvalue weighted by Gasteiger charge is -2.17. The number of aromatic nitrogens is 3. The van der Waals surface area contributed by atoms with Crippen molar-refractivity contribution in [3.63, 3.8) is 0 Å². The number of methoxy groups -OCH3 is 3. The average Bonchev–Trinajstić information content (AvgIpc) is 3.28. The van der Waals surface area contributed by atoms with Crippen molar-refractivity contribution in [2.24, 2.45) is 0 Å². The highest BCUT2D eigenvalue weighted by atomic mass is 16.5. The van der Waals surface area contributed by atoms with Crippen molar-refractivity contribution in [2.45, 2.75) is 6.54 Å². The molecular formula is C26H23N3O3. The Labute approximate surface area is 186 Å². The Morgan fingerprint density at radius 3 is 2.12 bits per heavy atom. The molecule has 0 radical (unpaired) electrons. The monoisotopic (exact) mass is 425 g/mol. The van der Waals surface area contributed by atoms with Crippen molar-refractivity contribution in [1.82, 2.24) is 14.8 Å². The first kappa shape index (κ1) is 19.9. The van der Waals surface area contributed by atoms with Gasteiger partial charge >= 0.3 is 0 Å². The maximum atomic E-state index is 5.57. The quantitative estimate of drug-likeness (QED) is 0.371. The lowest BCUT2D eigenvalue weighted by atomic mass is 10.0. The van der Waals surface area contributed by atoms with E-state index >= 15 is 0 Å². The molecule has 0 saturated heterocycles. The number of pyridine rings is 1. The van der Waals surface area contributed by atoms with Gasteiger partial charge in [0.2, 0.25) is 0 Å². The summed E-state index contributed by atoms with van der Waals surface area (Å²) in [6.45, 7) is 0.704. The van der Waals surface area contributed by atoms with Crippen LogP contribution >= 0.6 is 0 Å². The molecule has 5 rings (SSSR count). The Morgan fingerprint density at radius 2 is 1.44 bits per heavy atom. The minimum absolute atomic E-state index is 0.660. The van der Waals surface area contributed by atoms with E-state index in [2.05, 4.69) is 45.2 Å². The second kappa shape index (κ2) is 8.23. The van der Waals surface area contributed by atoms with Gasteiger partial charge in [0, 0.05) is 35.3 Å². The predicted octanol–water partition coefficient (Wildman–Crippen LogP) is 5.28. The van der Waals surface area contributed by atoms with E-state index in [1.54, 1.807) is 21.3 Å². The van der Waals surface area contributed by atoms with Crippen LogP contribution in [-0.4, -0.2) is 36.1 Å². The van der Waals surface area contributed by atoms with Gasteiger partial charge in [0.15, 0.2) is 11.5 Å². The molecule has 2 heterocycles. The standard InChI is InChI=1S/C26H23N3O3/c1-30-19-11-9-18(10-12-19)25-21-16-29(15-17-7-5-4-6-8-17)22-14-24(32-3)23(31-2)13-20(22)26(21)28-27-25/h4-14,16H,15H2,1-3H3. The van der Waals surface area contributed by atoms with Gasteiger partial charge in [0.1, 0.15) is 17.1 Å². The van der Waals surface area contributed by atoms with Crippen LogP contribution in [0.15, 0.2) is 72.9 Å². The van der Waals surface area contributed by atoms with Crippen molar-refractivity contribution in [3.8, 4) is 39.8 Å². The summed E-state index contributed by atoms with van der Waals surface area (Å²) in [5.74, 6) is 2.14. The highest BCUT2D eigenvalue weighted by Gasteiger charge is 2.22. The number of hydrogen-bond donors (Lipinski definition) is 0. The number of nitrogens with zero attached hydrogens (tertiary/aromatic N) is 3. The summed E-state index contributed by atoms with van der Waals surface area (Å²) in [4.78, 5) is 0. The van der Waals surface area contributed by atoms with Gasteiger partial charge in [-0.2, -0.15) is 0 Å². The van der Waals surface area contributed by atoms with Crippen LogP contribution in [0.4, 0.5) is 0 Å². The molecule has 0 atom stereocenters. The van der Waals surface area contributed by atoms with Crippen molar-refractivity contribution in [1.29, 1.82) is 0 Å². The normalized spacial score (nSPS) is 11.1. The maximum Gasteiger partial charge on any atom is 0.162 e. The van der Waals surface area contributed by atoms with Gasteiger partial charge in [0.05, 0.1) is 26.8 Å². The van der Waals surface area contributed by atoms with Crippen LogP contribution in [0.1, 0.15) is 5.56 Å². The Morgan fingerprint density at radius 1 is 0.750 bits per heavy atom. The SMILES string of the molecule is COc1ccc(-c2nnc3c4cc(OC)c(OC)cc4n(Cc4ccccc4)cc2-3)cc1. The third-order valence-electron chi connectivity index (χ3n) is 5.67. The van der Waals surface area contributed by atoms with Gasteiger partial charge in [-0.1, -0.05) is 30.3 Å². The molecule has 0 amide bonds. The first-order valence-electron chi connectivity index (χ1n) is 10.3. The molecular weight excluding hydrogens is 402 g/mol. The molecule has 6 heteroatoms. The second-order valence-electron chi connectivity index (χ2n) is 7.51. The van der Waals surface area contributed by atoms with E-state index in [1.807, 2.05) is 42.5 Å².